The molecule has 5 heteroatoms. The summed E-state index contributed by atoms with van der Waals surface area (Å²) in [5.41, 5.74) is 3.00. The Hall–Kier alpha value is -2.92. The first-order valence-corrected chi connectivity index (χ1v) is 9.12. The average Bonchev–Trinajstić information content (AvgIpc) is 2.97. The minimum atomic E-state index is -0.192. The molecule has 0 aliphatic carbocycles. The number of amides is 1. The Kier molecular flexibility index (Phi) is 5.81. The molecule has 0 atom stereocenters. The van der Waals surface area contributed by atoms with Gasteiger partial charge in [-0.05, 0) is 43.2 Å². The van der Waals surface area contributed by atoms with E-state index >= 15 is 0 Å². The van der Waals surface area contributed by atoms with E-state index in [9.17, 15) is 4.79 Å². The highest BCUT2D eigenvalue weighted by Gasteiger charge is 2.05. The van der Waals surface area contributed by atoms with Gasteiger partial charge in [-0.2, -0.15) is 0 Å². The van der Waals surface area contributed by atoms with Gasteiger partial charge in [0, 0.05) is 11.0 Å². The second kappa shape index (κ2) is 8.45. The molecule has 0 aliphatic heterocycles. The molecule has 132 valence electrons. The molecule has 0 unspecified atom stereocenters. The van der Waals surface area contributed by atoms with Crippen molar-refractivity contribution < 1.29 is 9.53 Å². The Bertz CT molecular complexity index is 880. The molecule has 0 spiro atoms. The Labute approximate surface area is 157 Å². The van der Waals surface area contributed by atoms with E-state index in [4.69, 9.17) is 4.74 Å². The molecule has 1 amide bonds. The van der Waals surface area contributed by atoms with Crippen LogP contribution in [0, 0.1) is 13.8 Å². The number of hydrogen-bond acceptors (Lipinski definition) is 4. The topological polar surface area (TPSA) is 51.2 Å². The molecule has 1 heterocycles. The van der Waals surface area contributed by atoms with Crippen molar-refractivity contribution in [3.05, 3.63) is 82.4 Å². The van der Waals surface area contributed by atoms with Crippen molar-refractivity contribution in [3.63, 3.8) is 0 Å². The Balaban J connectivity index is 1.53. The van der Waals surface area contributed by atoms with Crippen LogP contribution in [0.1, 0.15) is 21.7 Å². The van der Waals surface area contributed by atoms with Crippen LogP contribution in [-0.4, -0.2) is 10.9 Å². The van der Waals surface area contributed by atoms with Gasteiger partial charge >= 0.3 is 0 Å². The number of aromatic nitrogens is 1. The summed E-state index contributed by atoms with van der Waals surface area (Å²) < 4.78 is 5.75. The van der Waals surface area contributed by atoms with Crippen LogP contribution in [-0.2, 0) is 11.4 Å². The fourth-order valence-electron chi connectivity index (χ4n) is 2.26. The van der Waals surface area contributed by atoms with Crippen molar-refractivity contribution in [3.8, 4) is 5.75 Å². The molecule has 4 nitrogen and oxygen atoms in total. The average molecular weight is 364 g/mol. The van der Waals surface area contributed by atoms with Crippen molar-refractivity contribution >= 4 is 28.5 Å². The van der Waals surface area contributed by atoms with Gasteiger partial charge in [-0.3, -0.25) is 10.1 Å². The van der Waals surface area contributed by atoms with E-state index in [0.717, 1.165) is 27.4 Å². The number of aryl methyl sites for hydroxylation is 2. The lowest BCUT2D eigenvalue weighted by Crippen LogP contribution is -2.07. The Morgan fingerprint density at radius 2 is 1.85 bits per heavy atom. The first-order valence-electron chi connectivity index (χ1n) is 8.30. The van der Waals surface area contributed by atoms with Crippen LogP contribution >= 0.6 is 11.3 Å². The maximum atomic E-state index is 12.0. The van der Waals surface area contributed by atoms with Crippen molar-refractivity contribution in [2.75, 3.05) is 5.32 Å². The van der Waals surface area contributed by atoms with Crippen LogP contribution < -0.4 is 10.1 Å². The first kappa shape index (κ1) is 17.9. The highest BCUT2D eigenvalue weighted by molar-refractivity contribution is 7.15. The summed E-state index contributed by atoms with van der Waals surface area (Å²) in [5.74, 6) is 0.604. The maximum Gasteiger partial charge on any atom is 0.250 e. The fourth-order valence-corrected chi connectivity index (χ4v) is 3.08. The number of carbonyl (C=O) groups is 1. The van der Waals surface area contributed by atoms with Gasteiger partial charge in [0.05, 0.1) is 5.69 Å². The van der Waals surface area contributed by atoms with Gasteiger partial charge in [0.1, 0.15) is 12.4 Å². The largest absolute Gasteiger partial charge is 0.489 e. The van der Waals surface area contributed by atoms with Crippen molar-refractivity contribution in [1.29, 1.82) is 0 Å². The SMILES string of the molecule is Cc1nc(NC(=O)C=Cc2ccc(OCc3ccccc3)cc2)sc1C. The second-order valence-electron chi connectivity index (χ2n) is 5.83. The molecule has 0 saturated carbocycles. The quantitative estimate of drug-likeness (QED) is 0.627. The number of hydrogen-bond donors (Lipinski definition) is 1. The summed E-state index contributed by atoms with van der Waals surface area (Å²) in [5, 5.41) is 3.41. The highest BCUT2D eigenvalue weighted by Crippen LogP contribution is 2.21. The number of rotatable bonds is 6. The fraction of sp³-hybridized carbons (Fsp3) is 0.143. The zero-order valence-corrected chi connectivity index (χ0v) is 15.5. The number of benzene rings is 2. The zero-order chi connectivity index (χ0) is 18.4. The van der Waals surface area contributed by atoms with E-state index < -0.39 is 0 Å². The van der Waals surface area contributed by atoms with E-state index in [-0.39, 0.29) is 5.91 Å². The molecular formula is C21H20N2O2S. The van der Waals surface area contributed by atoms with E-state index in [1.807, 2.05) is 68.4 Å². The summed E-state index contributed by atoms with van der Waals surface area (Å²) in [6.45, 7) is 4.45. The van der Waals surface area contributed by atoms with E-state index in [0.29, 0.717) is 11.7 Å². The number of thiazole rings is 1. The minimum absolute atomic E-state index is 0.192. The van der Waals surface area contributed by atoms with E-state index in [1.165, 1.54) is 17.4 Å². The molecule has 1 aromatic heterocycles. The lowest BCUT2D eigenvalue weighted by atomic mass is 10.2. The van der Waals surface area contributed by atoms with Crippen LogP contribution in [0.2, 0.25) is 0 Å². The minimum Gasteiger partial charge on any atom is -0.489 e. The summed E-state index contributed by atoms with van der Waals surface area (Å²) in [6, 6.07) is 17.7. The monoisotopic (exact) mass is 364 g/mol. The normalized spacial score (nSPS) is 10.8. The van der Waals surface area contributed by atoms with Crippen LogP contribution in [0.5, 0.6) is 5.75 Å². The van der Waals surface area contributed by atoms with Crippen molar-refractivity contribution in [2.45, 2.75) is 20.5 Å². The maximum absolute atomic E-state index is 12.0. The predicted molar refractivity (Wildman–Crippen MR) is 106 cm³/mol. The van der Waals surface area contributed by atoms with E-state index in [1.54, 1.807) is 6.08 Å². The van der Waals surface area contributed by atoms with Gasteiger partial charge in [-0.25, -0.2) is 4.98 Å². The Morgan fingerprint density at radius 1 is 1.12 bits per heavy atom. The number of carbonyl (C=O) groups excluding carboxylic acids is 1. The molecule has 0 bridgehead atoms. The highest BCUT2D eigenvalue weighted by atomic mass is 32.1. The molecular weight excluding hydrogens is 344 g/mol. The van der Waals surface area contributed by atoms with Crippen LogP contribution in [0.3, 0.4) is 0 Å². The third-order valence-electron chi connectivity index (χ3n) is 3.81. The predicted octanol–water partition coefficient (Wildman–Crippen LogP) is 4.99. The van der Waals surface area contributed by atoms with Crippen LogP contribution in [0.4, 0.5) is 5.13 Å². The summed E-state index contributed by atoms with van der Waals surface area (Å²) in [6.07, 6.45) is 3.27. The standard InChI is InChI=1S/C21H20N2O2S/c1-15-16(2)26-21(22-15)23-20(24)13-10-17-8-11-19(12-9-17)25-14-18-6-4-3-5-7-18/h3-13H,14H2,1-2H3,(H,22,23,24). The molecule has 0 aliphatic rings. The number of ether oxygens (including phenoxy) is 1. The van der Waals surface area contributed by atoms with Crippen LogP contribution in [0.25, 0.3) is 6.08 Å². The first-order chi connectivity index (χ1) is 12.6. The zero-order valence-electron chi connectivity index (χ0n) is 14.7. The molecule has 0 saturated heterocycles. The van der Waals surface area contributed by atoms with Gasteiger partial charge in [-0.1, -0.05) is 42.5 Å². The van der Waals surface area contributed by atoms with Crippen molar-refractivity contribution in [2.24, 2.45) is 0 Å². The molecule has 0 fully saturated rings. The smallest absolute Gasteiger partial charge is 0.250 e. The molecule has 26 heavy (non-hydrogen) atoms. The van der Waals surface area contributed by atoms with Crippen LogP contribution in [0.15, 0.2) is 60.7 Å². The third-order valence-corrected chi connectivity index (χ3v) is 4.80. The van der Waals surface area contributed by atoms with Gasteiger partial charge in [0.25, 0.3) is 0 Å². The summed E-state index contributed by atoms with van der Waals surface area (Å²) in [4.78, 5) is 17.4. The van der Waals surface area contributed by atoms with Gasteiger partial charge < -0.3 is 4.74 Å². The molecule has 3 aromatic rings. The van der Waals surface area contributed by atoms with Gasteiger partial charge in [-0.15, -0.1) is 11.3 Å². The summed E-state index contributed by atoms with van der Waals surface area (Å²) >= 11 is 1.48. The van der Waals surface area contributed by atoms with Gasteiger partial charge in [0.2, 0.25) is 5.91 Å². The lowest BCUT2D eigenvalue weighted by molar-refractivity contribution is -0.111. The second-order valence-corrected chi connectivity index (χ2v) is 7.03. The third kappa shape index (κ3) is 5.04. The van der Waals surface area contributed by atoms with Crippen molar-refractivity contribution in [1.82, 2.24) is 4.98 Å². The lowest BCUT2D eigenvalue weighted by Gasteiger charge is -2.06. The number of nitrogens with zero attached hydrogens (tertiary/aromatic N) is 1. The Morgan fingerprint density at radius 3 is 2.50 bits per heavy atom. The number of anilines is 1. The molecule has 3 rings (SSSR count). The van der Waals surface area contributed by atoms with E-state index in [2.05, 4.69) is 10.3 Å². The molecule has 1 N–H and O–H groups in total. The molecule has 2 aromatic carbocycles. The molecule has 0 radical (unpaired) electrons. The summed E-state index contributed by atoms with van der Waals surface area (Å²) in [7, 11) is 0. The van der Waals surface area contributed by atoms with Gasteiger partial charge in [0.15, 0.2) is 5.13 Å². The number of nitrogens with one attached hydrogen (secondary N) is 1.